The summed E-state index contributed by atoms with van der Waals surface area (Å²) in [5.74, 6) is 0.630. The van der Waals surface area contributed by atoms with Gasteiger partial charge >= 0.3 is 6.18 Å². The Balaban J connectivity index is 2.21. The Hall–Kier alpha value is -1.52. The van der Waals surface area contributed by atoms with Crippen molar-refractivity contribution in [2.45, 2.75) is 50.6 Å². The van der Waals surface area contributed by atoms with Gasteiger partial charge in [-0.2, -0.15) is 13.2 Å². The number of fused-ring (bicyclic) bond motifs is 1. The van der Waals surface area contributed by atoms with E-state index in [1.54, 1.807) is 19.9 Å². The van der Waals surface area contributed by atoms with Gasteiger partial charge in [0.2, 0.25) is 10.0 Å². The van der Waals surface area contributed by atoms with E-state index < -0.39 is 40.4 Å². The average Bonchev–Trinajstić information content (AvgIpc) is 2.46. The molecule has 0 radical (unpaired) electrons. The molecule has 148 valence electrons. The summed E-state index contributed by atoms with van der Waals surface area (Å²) in [6.07, 6.45) is -5.60. The van der Waals surface area contributed by atoms with Gasteiger partial charge in [-0.1, -0.05) is 0 Å². The van der Waals surface area contributed by atoms with E-state index in [9.17, 15) is 26.7 Å². The predicted molar refractivity (Wildman–Crippen MR) is 88.7 cm³/mol. The normalized spacial score (nSPS) is 22.4. The second kappa shape index (κ2) is 7.24. The summed E-state index contributed by atoms with van der Waals surface area (Å²) in [5.41, 5.74) is -0.680. The molecular formula is C16H22F3NO5S. The molecule has 2 rings (SSSR count). The van der Waals surface area contributed by atoms with Gasteiger partial charge in [-0.25, -0.2) is 13.1 Å². The Morgan fingerprint density at radius 2 is 2.00 bits per heavy atom. The summed E-state index contributed by atoms with van der Waals surface area (Å²) in [6, 6.07) is 3.56. The number of rotatable bonds is 6. The van der Waals surface area contributed by atoms with Crippen LogP contribution in [0.2, 0.25) is 0 Å². The Morgan fingerprint density at radius 1 is 1.35 bits per heavy atom. The Morgan fingerprint density at radius 3 is 2.58 bits per heavy atom. The maximum atomic E-state index is 12.2. The van der Waals surface area contributed by atoms with Crippen molar-refractivity contribution in [3.63, 3.8) is 0 Å². The molecule has 1 aliphatic heterocycles. The van der Waals surface area contributed by atoms with E-state index >= 15 is 0 Å². The van der Waals surface area contributed by atoms with Crippen molar-refractivity contribution in [2.24, 2.45) is 0 Å². The topological polar surface area (TPSA) is 84.9 Å². The highest BCUT2D eigenvalue weighted by Gasteiger charge is 2.44. The van der Waals surface area contributed by atoms with Crippen LogP contribution in [-0.4, -0.2) is 44.3 Å². The standard InChI is InChI=1S/C16H22F3NO5S/c1-15(2)14(21)13(20-26(3,22)23)11-9-10(5-6-12(11)25-15)24-8-4-7-16(17,18)19/h5-6,9,13-14,20-21H,4,7-8H2,1-3H3/t13-,14+/m0/s1. The summed E-state index contributed by atoms with van der Waals surface area (Å²) in [7, 11) is -3.63. The van der Waals surface area contributed by atoms with E-state index in [1.807, 2.05) is 0 Å². The first kappa shape index (κ1) is 20.8. The number of nitrogens with one attached hydrogen (secondary N) is 1. The van der Waals surface area contributed by atoms with Gasteiger partial charge in [0.15, 0.2) is 0 Å². The molecule has 0 fully saturated rings. The van der Waals surface area contributed by atoms with Crippen LogP contribution in [0.15, 0.2) is 18.2 Å². The molecule has 0 aliphatic carbocycles. The molecule has 0 amide bonds. The Labute approximate surface area is 150 Å². The fourth-order valence-electron chi connectivity index (χ4n) is 2.69. The largest absolute Gasteiger partial charge is 0.494 e. The first-order valence-electron chi connectivity index (χ1n) is 7.96. The lowest BCUT2D eigenvalue weighted by atomic mass is 9.87. The van der Waals surface area contributed by atoms with Gasteiger partial charge in [-0.3, -0.25) is 0 Å². The van der Waals surface area contributed by atoms with Crippen molar-refractivity contribution in [2.75, 3.05) is 12.9 Å². The molecular weight excluding hydrogens is 375 g/mol. The SMILES string of the molecule is CC1(C)Oc2ccc(OCCCC(F)(F)F)cc2[C@H](NS(C)(=O)=O)[C@H]1O. The zero-order chi connectivity index (χ0) is 19.8. The lowest BCUT2D eigenvalue weighted by molar-refractivity contribution is -0.136. The van der Waals surface area contributed by atoms with Gasteiger partial charge in [0, 0.05) is 12.0 Å². The zero-order valence-corrected chi connectivity index (χ0v) is 15.4. The molecule has 2 N–H and O–H groups in total. The highest BCUT2D eigenvalue weighted by Crippen LogP contribution is 2.41. The molecule has 1 heterocycles. The highest BCUT2D eigenvalue weighted by molar-refractivity contribution is 7.88. The van der Waals surface area contributed by atoms with E-state index in [0.717, 1.165) is 6.26 Å². The third-order valence-corrected chi connectivity index (χ3v) is 4.61. The molecule has 0 aromatic heterocycles. The van der Waals surface area contributed by atoms with Crippen LogP contribution in [0.3, 0.4) is 0 Å². The number of alkyl halides is 3. The third kappa shape index (κ3) is 5.49. The van der Waals surface area contributed by atoms with Crippen molar-refractivity contribution < 1.29 is 36.2 Å². The summed E-state index contributed by atoms with van der Waals surface area (Å²) < 4.78 is 73.2. The minimum absolute atomic E-state index is 0.141. The lowest BCUT2D eigenvalue weighted by Crippen LogP contribution is -2.53. The average molecular weight is 397 g/mol. The van der Waals surface area contributed by atoms with Crippen molar-refractivity contribution in [3.05, 3.63) is 23.8 Å². The smallest absolute Gasteiger partial charge is 0.389 e. The number of aliphatic hydroxyl groups is 1. The molecule has 26 heavy (non-hydrogen) atoms. The summed E-state index contributed by atoms with van der Waals surface area (Å²) in [5, 5.41) is 10.5. The molecule has 0 saturated carbocycles. The highest BCUT2D eigenvalue weighted by atomic mass is 32.2. The number of halogens is 3. The minimum atomic E-state index is -4.24. The zero-order valence-electron chi connectivity index (χ0n) is 14.6. The fourth-order valence-corrected chi connectivity index (χ4v) is 3.41. The van der Waals surface area contributed by atoms with Crippen molar-refractivity contribution in [3.8, 4) is 11.5 Å². The number of benzene rings is 1. The van der Waals surface area contributed by atoms with Gasteiger partial charge in [-0.15, -0.1) is 0 Å². The van der Waals surface area contributed by atoms with Crippen LogP contribution in [0.1, 0.15) is 38.3 Å². The molecule has 0 unspecified atom stereocenters. The van der Waals surface area contributed by atoms with Crippen LogP contribution in [0.5, 0.6) is 11.5 Å². The van der Waals surface area contributed by atoms with Crippen molar-refractivity contribution in [1.29, 1.82) is 0 Å². The maximum Gasteiger partial charge on any atom is 0.389 e. The van der Waals surface area contributed by atoms with E-state index in [1.165, 1.54) is 12.1 Å². The van der Waals surface area contributed by atoms with Gasteiger partial charge in [0.05, 0.1) is 18.9 Å². The van der Waals surface area contributed by atoms with Crippen LogP contribution in [0.25, 0.3) is 0 Å². The van der Waals surface area contributed by atoms with Crippen LogP contribution < -0.4 is 14.2 Å². The quantitative estimate of drug-likeness (QED) is 0.721. The van der Waals surface area contributed by atoms with Crippen molar-refractivity contribution >= 4 is 10.0 Å². The van der Waals surface area contributed by atoms with Crippen LogP contribution in [0, 0.1) is 0 Å². The van der Waals surface area contributed by atoms with E-state index in [2.05, 4.69) is 4.72 Å². The summed E-state index contributed by atoms with van der Waals surface area (Å²) >= 11 is 0. The third-order valence-electron chi connectivity index (χ3n) is 3.93. The Kier molecular flexibility index (Phi) is 5.79. The van der Waals surface area contributed by atoms with Crippen LogP contribution in [-0.2, 0) is 10.0 Å². The predicted octanol–water partition coefficient (Wildman–Crippen LogP) is 2.53. The lowest BCUT2D eigenvalue weighted by Gasteiger charge is -2.42. The van der Waals surface area contributed by atoms with Gasteiger partial charge < -0.3 is 14.6 Å². The number of hydrogen-bond acceptors (Lipinski definition) is 5. The Bertz CT molecular complexity index is 749. The van der Waals surface area contributed by atoms with E-state index in [4.69, 9.17) is 9.47 Å². The first-order chi connectivity index (χ1) is 11.8. The van der Waals surface area contributed by atoms with Gasteiger partial charge in [0.1, 0.15) is 23.2 Å². The molecule has 2 atom stereocenters. The van der Waals surface area contributed by atoms with Gasteiger partial charge in [0.25, 0.3) is 0 Å². The van der Waals surface area contributed by atoms with Crippen molar-refractivity contribution in [1.82, 2.24) is 4.72 Å². The van der Waals surface area contributed by atoms with E-state index in [0.29, 0.717) is 11.3 Å². The number of aliphatic hydroxyl groups excluding tert-OH is 1. The molecule has 10 heteroatoms. The number of ether oxygens (including phenoxy) is 2. The molecule has 0 saturated heterocycles. The summed E-state index contributed by atoms with van der Waals surface area (Å²) in [4.78, 5) is 0. The fraction of sp³-hybridized carbons (Fsp3) is 0.625. The first-order valence-corrected chi connectivity index (χ1v) is 9.85. The van der Waals surface area contributed by atoms with E-state index in [-0.39, 0.29) is 18.8 Å². The molecule has 6 nitrogen and oxygen atoms in total. The maximum absolute atomic E-state index is 12.2. The van der Waals surface area contributed by atoms with Gasteiger partial charge in [-0.05, 0) is 38.5 Å². The number of sulfonamides is 1. The summed E-state index contributed by atoms with van der Waals surface area (Å²) in [6.45, 7) is 3.11. The van der Waals surface area contributed by atoms with Crippen LogP contribution in [0.4, 0.5) is 13.2 Å². The molecule has 0 spiro atoms. The second-order valence-electron chi connectivity index (χ2n) is 6.78. The molecule has 0 bridgehead atoms. The number of hydrogen-bond donors (Lipinski definition) is 2. The monoisotopic (exact) mass is 397 g/mol. The minimum Gasteiger partial charge on any atom is -0.494 e. The molecule has 1 aromatic carbocycles. The molecule has 1 aliphatic rings. The molecule has 1 aromatic rings. The van der Waals surface area contributed by atoms with Crippen LogP contribution >= 0.6 is 0 Å². The second-order valence-corrected chi connectivity index (χ2v) is 8.56.